The van der Waals surface area contributed by atoms with Crippen molar-refractivity contribution in [1.82, 2.24) is 4.98 Å². The first-order valence-electron chi connectivity index (χ1n) is 7.53. The van der Waals surface area contributed by atoms with Crippen LogP contribution in [-0.2, 0) is 9.47 Å². The maximum Gasteiger partial charge on any atom is 0.412 e. The van der Waals surface area contributed by atoms with Gasteiger partial charge in [-0.3, -0.25) is 5.32 Å². The van der Waals surface area contributed by atoms with Gasteiger partial charge >= 0.3 is 12.1 Å². The fraction of sp³-hybridized carbons (Fsp3) is 0.353. The minimum Gasteiger partial charge on any atom is -0.461 e. The highest BCUT2D eigenvalue weighted by molar-refractivity contribution is 7.19. The minimum absolute atomic E-state index is 0.0755. The number of nitrogens with one attached hydrogen (secondary N) is 1. The highest BCUT2D eigenvalue weighted by Crippen LogP contribution is 2.32. The summed E-state index contributed by atoms with van der Waals surface area (Å²) in [7, 11) is 0. The monoisotopic (exact) mass is 348 g/mol. The summed E-state index contributed by atoms with van der Waals surface area (Å²) in [6.45, 7) is 7.23. The normalized spacial score (nSPS) is 11.0. The van der Waals surface area contributed by atoms with Gasteiger partial charge in [-0.1, -0.05) is 41.7 Å². The van der Waals surface area contributed by atoms with E-state index in [1.807, 2.05) is 30.3 Å². The van der Waals surface area contributed by atoms with E-state index < -0.39 is 17.7 Å². The molecule has 0 atom stereocenters. The largest absolute Gasteiger partial charge is 0.461 e. The van der Waals surface area contributed by atoms with Gasteiger partial charge in [0.2, 0.25) is 0 Å². The molecule has 0 aliphatic heterocycles. The maximum absolute atomic E-state index is 12.1. The molecular weight excluding hydrogens is 328 g/mol. The molecule has 0 radical (unpaired) electrons. The van der Waals surface area contributed by atoms with E-state index in [1.165, 1.54) is 11.3 Å². The number of hydrogen-bond donors (Lipinski definition) is 1. The molecule has 0 unspecified atom stereocenters. The van der Waals surface area contributed by atoms with E-state index in [0.29, 0.717) is 10.0 Å². The van der Waals surface area contributed by atoms with Gasteiger partial charge in [-0.15, -0.1) is 0 Å². The van der Waals surface area contributed by atoms with Gasteiger partial charge in [0.15, 0.2) is 5.69 Å². The van der Waals surface area contributed by atoms with Gasteiger partial charge in [-0.25, -0.2) is 14.6 Å². The SMILES string of the molecule is CCOC(=O)c1nc(-c2ccccc2)sc1NC(=O)OC(C)(C)C. The molecule has 0 aliphatic carbocycles. The Morgan fingerprint density at radius 3 is 2.46 bits per heavy atom. The lowest BCUT2D eigenvalue weighted by molar-refractivity contribution is 0.0521. The number of ether oxygens (including phenoxy) is 2. The van der Waals surface area contributed by atoms with Gasteiger partial charge in [-0.2, -0.15) is 0 Å². The van der Waals surface area contributed by atoms with Crippen LogP contribution >= 0.6 is 11.3 Å². The van der Waals surface area contributed by atoms with Crippen LogP contribution in [0.3, 0.4) is 0 Å². The number of esters is 1. The molecule has 6 nitrogen and oxygen atoms in total. The van der Waals surface area contributed by atoms with Gasteiger partial charge in [0.05, 0.1) is 6.61 Å². The van der Waals surface area contributed by atoms with Crippen molar-refractivity contribution in [2.45, 2.75) is 33.3 Å². The van der Waals surface area contributed by atoms with E-state index >= 15 is 0 Å². The summed E-state index contributed by atoms with van der Waals surface area (Å²) in [5, 5.41) is 3.51. The van der Waals surface area contributed by atoms with Crippen LogP contribution < -0.4 is 5.32 Å². The predicted molar refractivity (Wildman–Crippen MR) is 93.4 cm³/mol. The minimum atomic E-state index is -0.642. The third kappa shape index (κ3) is 4.79. The molecule has 1 heterocycles. The topological polar surface area (TPSA) is 77.5 Å². The van der Waals surface area contributed by atoms with Gasteiger partial charge in [-0.05, 0) is 27.7 Å². The van der Waals surface area contributed by atoms with Gasteiger partial charge in [0.1, 0.15) is 15.6 Å². The van der Waals surface area contributed by atoms with E-state index in [9.17, 15) is 9.59 Å². The van der Waals surface area contributed by atoms with Crippen LogP contribution in [0.4, 0.5) is 9.80 Å². The molecule has 0 bridgehead atoms. The van der Waals surface area contributed by atoms with Crippen molar-refractivity contribution in [3.63, 3.8) is 0 Å². The summed E-state index contributed by atoms with van der Waals surface area (Å²) in [5.74, 6) is -0.581. The molecule has 1 aromatic carbocycles. The van der Waals surface area contributed by atoms with Crippen LogP contribution in [0.15, 0.2) is 30.3 Å². The number of hydrogen-bond acceptors (Lipinski definition) is 6. The standard InChI is InChI=1S/C17H20N2O4S/c1-5-22-15(20)12-14(19-16(21)23-17(2,3)4)24-13(18-12)11-9-7-6-8-10-11/h6-10H,5H2,1-4H3,(H,19,21). The number of carbonyl (C=O) groups is 2. The number of carbonyl (C=O) groups excluding carboxylic acids is 2. The highest BCUT2D eigenvalue weighted by atomic mass is 32.1. The van der Waals surface area contributed by atoms with E-state index in [-0.39, 0.29) is 12.3 Å². The second kappa shape index (κ2) is 7.44. The number of rotatable bonds is 4. The van der Waals surface area contributed by atoms with E-state index in [0.717, 1.165) is 5.56 Å². The third-order valence-electron chi connectivity index (χ3n) is 2.73. The molecular formula is C17H20N2O4S. The van der Waals surface area contributed by atoms with Crippen molar-refractivity contribution in [2.24, 2.45) is 0 Å². The average molecular weight is 348 g/mol. The summed E-state index contributed by atoms with van der Waals surface area (Å²) in [4.78, 5) is 28.4. The first-order valence-corrected chi connectivity index (χ1v) is 8.35. The fourth-order valence-electron chi connectivity index (χ4n) is 1.84. The Morgan fingerprint density at radius 1 is 1.21 bits per heavy atom. The Morgan fingerprint density at radius 2 is 1.88 bits per heavy atom. The first-order chi connectivity index (χ1) is 11.3. The van der Waals surface area contributed by atoms with Crippen LogP contribution in [0.5, 0.6) is 0 Å². The Balaban J connectivity index is 2.32. The molecule has 0 aliphatic rings. The fourth-order valence-corrected chi connectivity index (χ4v) is 2.79. The molecule has 1 amide bonds. The number of nitrogens with zero attached hydrogens (tertiary/aromatic N) is 1. The number of benzene rings is 1. The lowest BCUT2D eigenvalue weighted by atomic mass is 10.2. The van der Waals surface area contributed by atoms with Crippen molar-refractivity contribution in [3.8, 4) is 10.6 Å². The summed E-state index contributed by atoms with van der Waals surface area (Å²) in [6, 6.07) is 9.41. The van der Waals surface area contributed by atoms with Crippen LogP contribution in [-0.4, -0.2) is 29.3 Å². The summed E-state index contributed by atoms with van der Waals surface area (Å²) < 4.78 is 10.2. The van der Waals surface area contributed by atoms with Crippen molar-refractivity contribution >= 4 is 28.4 Å². The Kier molecular flexibility index (Phi) is 5.56. The summed E-state index contributed by atoms with van der Waals surface area (Å²) >= 11 is 1.20. The second-order valence-electron chi connectivity index (χ2n) is 5.91. The lowest BCUT2D eigenvalue weighted by Gasteiger charge is -2.19. The predicted octanol–water partition coefficient (Wildman–Crippen LogP) is 4.33. The van der Waals surface area contributed by atoms with Crippen LogP contribution in [0.2, 0.25) is 0 Å². The van der Waals surface area contributed by atoms with Crippen LogP contribution in [0, 0.1) is 0 Å². The molecule has 128 valence electrons. The molecule has 7 heteroatoms. The Hall–Kier alpha value is -2.41. The molecule has 24 heavy (non-hydrogen) atoms. The maximum atomic E-state index is 12.1. The molecule has 0 spiro atoms. The zero-order valence-electron chi connectivity index (χ0n) is 14.1. The van der Waals surface area contributed by atoms with Crippen LogP contribution in [0.25, 0.3) is 10.6 Å². The molecule has 1 aromatic heterocycles. The highest BCUT2D eigenvalue weighted by Gasteiger charge is 2.24. The molecule has 0 saturated carbocycles. The van der Waals surface area contributed by atoms with E-state index in [1.54, 1.807) is 27.7 Å². The lowest BCUT2D eigenvalue weighted by Crippen LogP contribution is -2.27. The van der Waals surface area contributed by atoms with Crippen molar-refractivity contribution in [3.05, 3.63) is 36.0 Å². The van der Waals surface area contributed by atoms with Gasteiger partial charge in [0, 0.05) is 5.56 Å². The molecule has 0 fully saturated rings. The van der Waals surface area contributed by atoms with Crippen molar-refractivity contribution in [1.29, 1.82) is 0 Å². The first kappa shape index (κ1) is 17.9. The number of amides is 1. The Bertz CT molecular complexity index is 720. The van der Waals surface area contributed by atoms with Gasteiger partial charge < -0.3 is 9.47 Å². The van der Waals surface area contributed by atoms with Crippen molar-refractivity contribution in [2.75, 3.05) is 11.9 Å². The van der Waals surface area contributed by atoms with E-state index in [2.05, 4.69) is 10.3 Å². The summed E-state index contributed by atoms with van der Waals surface area (Å²) in [5.41, 5.74) is 0.290. The van der Waals surface area contributed by atoms with E-state index in [4.69, 9.17) is 9.47 Å². The molecule has 2 aromatic rings. The molecule has 2 rings (SSSR count). The summed E-state index contributed by atoms with van der Waals surface area (Å²) in [6.07, 6.45) is -0.642. The number of thiazole rings is 1. The zero-order valence-corrected chi connectivity index (χ0v) is 14.9. The van der Waals surface area contributed by atoms with Gasteiger partial charge in [0.25, 0.3) is 0 Å². The number of anilines is 1. The number of aromatic nitrogens is 1. The third-order valence-corrected chi connectivity index (χ3v) is 3.75. The average Bonchev–Trinajstić information content (AvgIpc) is 2.90. The zero-order chi connectivity index (χ0) is 17.7. The molecule has 1 N–H and O–H groups in total. The van der Waals surface area contributed by atoms with Crippen LogP contribution in [0.1, 0.15) is 38.2 Å². The molecule has 0 saturated heterocycles. The smallest absolute Gasteiger partial charge is 0.412 e. The quantitative estimate of drug-likeness (QED) is 0.832. The Labute approximate surface area is 144 Å². The van der Waals surface area contributed by atoms with Crippen molar-refractivity contribution < 1.29 is 19.1 Å². The second-order valence-corrected chi connectivity index (χ2v) is 6.91.